The van der Waals surface area contributed by atoms with E-state index in [0.29, 0.717) is 18.7 Å². The highest BCUT2D eigenvalue weighted by atomic mass is 16.2. The Balaban J connectivity index is 2.28. The van der Waals surface area contributed by atoms with Crippen molar-refractivity contribution < 1.29 is 4.79 Å². The molecule has 1 heterocycles. The smallest absolute Gasteiger partial charge is 0.254 e. The number of imidazole rings is 1. The van der Waals surface area contributed by atoms with Crippen molar-refractivity contribution in [1.29, 1.82) is 0 Å². The summed E-state index contributed by atoms with van der Waals surface area (Å²) in [4.78, 5) is 21.1. The molecule has 0 bridgehead atoms. The molecule has 0 saturated carbocycles. The molecule has 2 aromatic rings. The van der Waals surface area contributed by atoms with E-state index in [4.69, 9.17) is 6.42 Å². The number of rotatable bonds is 4. The van der Waals surface area contributed by atoms with Gasteiger partial charge in [0.05, 0.1) is 23.9 Å². The molecule has 0 unspecified atom stereocenters. The second kappa shape index (κ2) is 5.37. The molecule has 0 spiro atoms. The van der Waals surface area contributed by atoms with Gasteiger partial charge in [-0.15, -0.1) is 6.42 Å². The molecule has 4 nitrogen and oxygen atoms in total. The van der Waals surface area contributed by atoms with Crippen molar-refractivity contribution in [3.63, 3.8) is 0 Å². The van der Waals surface area contributed by atoms with Crippen LogP contribution in [-0.4, -0.2) is 33.9 Å². The summed E-state index contributed by atoms with van der Waals surface area (Å²) in [6.45, 7) is 3.03. The van der Waals surface area contributed by atoms with Crippen molar-refractivity contribution in [2.24, 2.45) is 0 Å². The number of nitrogens with one attached hydrogen (secondary N) is 1. The predicted molar refractivity (Wildman–Crippen MR) is 71.1 cm³/mol. The Morgan fingerprint density at radius 3 is 3.11 bits per heavy atom. The van der Waals surface area contributed by atoms with E-state index in [9.17, 15) is 4.79 Å². The lowest BCUT2D eigenvalue weighted by Crippen LogP contribution is -2.32. The first-order valence-electron chi connectivity index (χ1n) is 5.92. The number of amides is 1. The average molecular weight is 241 g/mol. The van der Waals surface area contributed by atoms with Crippen LogP contribution in [-0.2, 0) is 0 Å². The van der Waals surface area contributed by atoms with Crippen molar-refractivity contribution in [3.05, 3.63) is 30.1 Å². The molecule has 0 fully saturated rings. The average Bonchev–Trinajstić information content (AvgIpc) is 2.84. The molecule has 4 heteroatoms. The highest BCUT2D eigenvalue weighted by Crippen LogP contribution is 2.13. The van der Waals surface area contributed by atoms with E-state index >= 15 is 0 Å². The van der Waals surface area contributed by atoms with E-state index in [2.05, 4.69) is 15.9 Å². The van der Waals surface area contributed by atoms with E-state index < -0.39 is 0 Å². The van der Waals surface area contributed by atoms with Gasteiger partial charge in [0.15, 0.2) is 0 Å². The highest BCUT2D eigenvalue weighted by molar-refractivity contribution is 5.97. The summed E-state index contributed by atoms with van der Waals surface area (Å²) in [6, 6.07) is 5.42. The maximum Gasteiger partial charge on any atom is 0.254 e. The van der Waals surface area contributed by atoms with E-state index in [1.807, 2.05) is 19.1 Å². The second-order valence-corrected chi connectivity index (χ2v) is 4.07. The standard InChI is InChI=1S/C14H15N3O/c1-3-7-17(8-4-2)14(18)11-5-6-12-13(9-11)16-10-15-12/h1,5-6,9-10H,4,7-8H2,2H3,(H,15,16). The van der Waals surface area contributed by atoms with Gasteiger partial charge < -0.3 is 9.88 Å². The third kappa shape index (κ3) is 2.35. The molecular formula is C14H15N3O. The zero-order valence-corrected chi connectivity index (χ0v) is 10.3. The van der Waals surface area contributed by atoms with E-state index in [1.165, 1.54) is 0 Å². The van der Waals surface area contributed by atoms with Crippen LogP contribution in [0.25, 0.3) is 11.0 Å². The van der Waals surface area contributed by atoms with Gasteiger partial charge in [-0.25, -0.2) is 4.98 Å². The number of aromatic amines is 1. The maximum absolute atomic E-state index is 12.3. The summed E-state index contributed by atoms with van der Waals surface area (Å²) in [5.74, 6) is 2.48. The van der Waals surface area contributed by atoms with Crippen LogP contribution >= 0.6 is 0 Å². The molecule has 1 aromatic carbocycles. The molecule has 1 amide bonds. The Labute approximate surface area is 106 Å². The minimum Gasteiger partial charge on any atom is -0.345 e. The molecule has 0 aliphatic heterocycles. The number of carbonyl (C=O) groups is 1. The molecule has 0 atom stereocenters. The normalized spacial score (nSPS) is 10.2. The number of hydrogen-bond donors (Lipinski definition) is 1. The van der Waals surface area contributed by atoms with Gasteiger partial charge in [0.2, 0.25) is 0 Å². The molecule has 0 aliphatic rings. The van der Waals surface area contributed by atoms with Crippen molar-refractivity contribution in [2.75, 3.05) is 13.1 Å². The first kappa shape index (κ1) is 12.2. The lowest BCUT2D eigenvalue weighted by Gasteiger charge is -2.19. The number of benzene rings is 1. The van der Waals surface area contributed by atoms with Crippen LogP contribution < -0.4 is 0 Å². The largest absolute Gasteiger partial charge is 0.345 e. The van der Waals surface area contributed by atoms with Crippen LogP contribution in [0.15, 0.2) is 24.5 Å². The molecular weight excluding hydrogens is 226 g/mol. The maximum atomic E-state index is 12.3. The van der Waals surface area contributed by atoms with E-state index in [0.717, 1.165) is 17.5 Å². The van der Waals surface area contributed by atoms with Crippen molar-refractivity contribution >= 4 is 16.9 Å². The van der Waals surface area contributed by atoms with Gasteiger partial charge in [-0.2, -0.15) is 0 Å². The lowest BCUT2D eigenvalue weighted by atomic mass is 10.1. The minimum atomic E-state index is -0.0358. The Morgan fingerprint density at radius 1 is 1.56 bits per heavy atom. The van der Waals surface area contributed by atoms with Crippen LogP contribution in [0.1, 0.15) is 23.7 Å². The fraction of sp³-hybridized carbons (Fsp3) is 0.286. The molecule has 0 radical (unpaired) electrons. The minimum absolute atomic E-state index is 0.0358. The first-order chi connectivity index (χ1) is 8.76. The van der Waals surface area contributed by atoms with Gasteiger partial charge >= 0.3 is 0 Å². The molecule has 0 aliphatic carbocycles. The van der Waals surface area contributed by atoms with Crippen LogP contribution in [0, 0.1) is 12.3 Å². The van der Waals surface area contributed by atoms with Crippen LogP contribution in [0.3, 0.4) is 0 Å². The second-order valence-electron chi connectivity index (χ2n) is 4.07. The number of hydrogen-bond acceptors (Lipinski definition) is 2. The van der Waals surface area contributed by atoms with Crippen molar-refractivity contribution in [3.8, 4) is 12.3 Å². The summed E-state index contributed by atoms with van der Waals surface area (Å²) in [5, 5.41) is 0. The van der Waals surface area contributed by atoms with Gasteiger partial charge in [-0.3, -0.25) is 4.79 Å². The molecule has 2 rings (SSSR count). The summed E-state index contributed by atoms with van der Waals surface area (Å²) in [5.41, 5.74) is 2.35. The third-order valence-corrected chi connectivity index (χ3v) is 2.73. The Bertz CT molecular complexity index is 594. The Kier molecular flexibility index (Phi) is 3.63. The summed E-state index contributed by atoms with van der Waals surface area (Å²) in [7, 11) is 0. The predicted octanol–water partition coefficient (Wildman–Crippen LogP) is 2.05. The van der Waals surface area contributed by atoms with Crippen LogP contribution in [0.2, 0.25) is 0 Å². The monoisotopic (exact) mass is 241 g/mol. The summed E-state index contributed by atoms with van der Waals surface area (Å²) in [6.07, 6.45) is 7.79. The SMILES string of the molecule is C#CCN(CCC)C(=O)c1ccc2nc[nH]c2c1. The van der Waals surface area contributed by atoms with Gasteiger partial charge in [-0.05, 0) is 24.6 Å². The highest BCUT2D eigenvalue weighted by Gasteiger charge is 2.14. The zero-order valence-electron chi connectivity index (χ0n) is 10.3. The zero-order chi connectivity index (χ0) is 13.0. The number of carbonyl (C=O) groups excluding carboxylic acids is 1. The fourth-order valence-corrected chi connectivity index (χ4v) is 1.88. The lowest BCUT2D eigenvalue weighted by molar-refractivity contribution is 0.0777. The van der Waals surface area contributed by atoms with Gasteiger partial charge in [0.25, 0.3) is 5.91 Å². The number of aromatic nitrogens is 2. The molecule has 92 valence electrons. The van der Waals surface area contributed by atoms with Crippen LogP contribution in [0.4, 0.5) is 0 Å². The summed E-state index contributed by atoms with van der Waals surface area (Å²) < 4.78 is 0. The van der Waals surface area contributed by atoms with Gasteiger partial charge in [0, 0.05) is 12.1 Å². The molecule has 0 saturated heterocycles. The number of fused-ring (bicyclic) bond motifs is 1. The number of H-pyrrole nitrogens is 1. The Morgan fingerprint density at radius 2 is 2.39 bits per heavy atom. The van der Waals surface area contributed by atoms with E-state index in [-0.39, 0.29) is 5.91 Å². The number of nitrogens with zero attached hydrogens (tertiary/aromatic N) is 2. The fourth-order valence-electron chi connectivity index (χ4n) is 1.88. The third-order valence-electron chi connectivity index (χ3n) is 2.73. The Hall–Kier alpha value is -2.28. The van der Waals surface area contributed by atoms with Crippen molar-refractivity contribution in [1.82, 2.24) is 14.9 Å². The van der Waals surface area contributed by atoms with Gasteiger partial charge in [-0.1, -0.05) is 12.8 Å². The van der Waals surface area contributed by atoms with Crippen molar-refractivity contribution in [2.45, 2.75) is 13.3 Å². The van der Waals surface area contributed by atoms with Gasteiger partial charge in [0.1, 0.15) is 0 Å². The molecule has 1 aromatic heterocycles. The van der Waals surface area contributed by atoms with E-state index in [1.54, 1.807) is 17.3 Å². The quantitative estimate of drug-likeness (QED) is 0.833. The first-order valence-corrected chi connectivity index (χ1v) is 5.92. The molecule has 1 N–H and O–H groups in total. The molecule has 18 heavy (non-hydrogen) atoms. The number of terminal acetylenes is 1. The topological polar surface area (TPSA) is 49.0 Å². The van der Waals surface area contributed by atoms with Crippen LogP contribution in [0.5, 0.6) is 0 Å². The summed E-state index contributed by atoms with van der Waals surface area (Å²) >= 11 is 0.